The van der Waals surface area contributed by atoms with Crippen LogP contribution in [0.25, 0.3) is 16.3 Å². The lowest BCUT2D eigenvalue weighted by molar-refractivity contribution is -0.139. The Balaban J connectivity index is 1.24. The number of carboxylic acid groups (broad SMARTS) is 1. The molecular weight excluding hydrogens is 580 g/mol. The number of carbonyl (C=O) groups is 2. The molecule has 1 amide bonds. The van der Waals surface area contributed by atoms with Crippen molar-refractivity contribution in [3.63, 3.8) is 0 Å². The summed E-state index contributed by atoms with van der Waals surface area (Å²) in [5.41, 5.74) is 3.75. The minimum Gasteiger partial charge on any atom is -0.480 e. The third kappa shape index (κ3) is 7.47. The highest BCUT2D eigenvalue weighted by Crippen LogP contribution is 2.35. The van der Waals surface area contributed by atoms with E-state index in [4.69, 9.17) is 9.72 Å². The molecule has 1 atom stereocenters. The topological polar surface area (TPSA) is 88.5 Å². The minimum atomic E-state index is -1.05. The summed E-state index contributed by atoms with van der Waals surface area (Å²) in [5, 5.41) is 14.6. The molecule has 7 heteroatoms. The molecule has 2 heterocycles. The summed E-state index contributed by atoms with van der Waals surface area (Å²) in [5.74, 6) is 0.478. The number of nitrogens with one attached hydrogen (secondary N) is 1. The molecule has 4 aromatic rings. The van der Waals surface area contributed by atoms with Crippen LogP contribution in [-0.2, 0) is 23.1 Å². The number of fused-ring (bicyclic) bond motifs is 1. The first-order valence-corrected chi connectivity index (χ1v) is 17.0. The van der Waals surface area contributed by atoms with Crippen molar-refractivity contribution >= 4 is 39.6 Å². The molecule has 6 rings (SSSR count). The van der Waals surface area contributed by atoms with Crippen molar-refractivity contribution in [3.8, 4) is 11.5 Å². The number of aliphatic carboxylic acids is 1. The lowest BCUT2D eigenvalue weighted by Gasteiger charge is -2.19. The van der Waals surface area contributed by atoms with Crippen LogP contribution >= 0.6 is 11.3 Å². The molecule has 1 unspecified atom stereocenters. The van der Waals surface area contributed by atoms with E-state index < -0.39 is 17.9 Å². The highest BCUT2D eigenvalue weighted by molar-refractivity contribution is 7.13. The lowest BCUT2D eigenvalue weighted by atomic mass is 9.87. The highest BCUT2D eigenvalue weighted by Gasteiger charge is 2.25. The fraction of sp³-hybridized carbons (Fsp3) is 0.395. The second-order valence-corrected chi connectivity index (χ2v) is 14.7. The zero-order chi connectivity index (χ0) is 31.6. The Morgan fingerprint density at radius 2 is 1.76 bits per heavy atom. The number of carbonyl (C=O) groups excluding carboxylic acids is 1. The summed E-state index contributed by atoms with van der Waals surface area (Å²) < 4.78 is 6.25. The molecule has 2 aromatic heterocycles. The van der Waals surface area contributed by atoms with Crippen LogP contribution in [0.15, 0.2) is 66.7 Å². The number of hydrogen-bond acceptors (Lipinski definition) is 5. The van der Waals surface area contributed by atoms with Crippen molar-refractivity contribution in [2.24, 2.45) is 5.92 Å². The van der Waals surface area contributed by atoms with Crippen LogP contribution in [0.5, 0.6) is 11.5 Å². The van der Waals surface area contributed by atoms with Gasteiger partial charge in [0.15, 0.2) is 0 Å². The van der Waals surface area contributed by atoms with Gasteiger partial charge in [0.2, 0.25) is 0 Å². The molecule has 1 saturated carbocycles. The Bertz CT molecular complexity index is 1720. The molecular formula is C38H42N2O4S. The van der Waals surface area contributed by atoms with E-state index in [-0.39, 0.29) is 17.5 Å². The fourth-order valence-electron chi connectivity index (χ4n) is 6.47. The van der Waals surface area contributed by atoms with Gasteiger partial charge in [0.05, 0.1) is 0 Å². The summed E-state index contributed by atoms with van der Waals surface area (Å²) in [6, 6.07) is 18.9. The summed E-state index contributed by atoms with van der Waals surface area (Å²) in [6.45, 7) is 6.57. The average molecular weight is 623 g/mol. The minimum absolute atomic E-state index is 0.0667. The van der Waals surface area contributed by atoms with E-state index in [0.29, 0.717) is 11.7 Å². The number of nitrogens with zero attached hydrogens (tertiary/aromatic N) is 1. The van der Waals surface area contributed by atoms with Crippen LogP contribution < -0.4 is 10.1 Å². The van der Waals surface area contributed by atoms with Gasteiger partial charge in [0.25, 0.3) is 5.91 Å². The monoisotopic (exact) mass is 622 g/mol. The van der Waals surface area contributed by atoms with Crippen LogP contribution in [-0.4, -0.2) is 28.0 Å². The molecule has 0 saturated heterocycles. The SMILES string of the molecule is CC(C)(C)c1ccc(Oc2ccc3cc(C(=O)NC(Cc4ccc(C5=CCCC5)s4)C(=O)O)nc(CC4CCCC4)c3c2)cc1. The quantitative estimate of drug-likeness (QED) is 0.184. The van der Waals surface area contributed by atoms with E-state index >= 15 is 0 Å². The number of rotatable bonds is 10. The highest BCUT2D eigenvalue weighted by atomic mass is 32.1. The maximum Gasteiger partial charge on any atom is 0.326 e. The first-order valence-electron chi connectivity index (χ1n) is 16.2. The van der Waals surface area contributed by atoms with E-state index in [0.717, 1.165) is 65.6 Å². The molecule has 0 bridgehead atoms. The zero-order valence-electron chi connectivity index (χ0n) is 26.4. The normalized spacial score (nSPS) is 16.1. The predicted molar refractivity (Wildman–Crippen MR) is 181 cm³/mol. The van der Waals surface area contributed by atoms with Gasteiger partial charge < -0.3 is 15.2 Å². The van der Waals surface area contributed by atoms with Gasteiger partial charge in [0, 0.05) is 27.3 Å². The van der Waals surface area contributed by atoms with Gasteiger partial charge in [-0.1, -0.05) is 70.7 Å². The van der Waals surface area contributed by atoms with E-state index in [1.807, 2.05) is 36.4 Å². The summed E-state index contributed by atoms with van der Waals surface area (Å²) in [7, 11) is 0. The molecule has 1 fully saturated rings. The van der Waals surface area contributed by atoms with Crippen molar-refractivity contribution in [2.45, 2.75) is 90.0 Å². The number of benzene rings is 2. The Morgan fingerprint density at radius 3 is 2.44 bits per heavy atom. The van der Waals surface area contributed by atoms with Gasteiger partial charge in [0.1, 0.15) is 23.2 Å². The van der Waals surface area contributed by atoms with E-state index in [1.54, 1.807) is 17.4 Å². The summed E-state index contributed by atoms with van der Waals surface area (Å²) in [6.07, 6.45) is 11.3. The van der Waals surface area contributed by atoms with Crippen molar-refractivity contribution in [1.29, 1.82) is 0 Å². The average Bonchev–Trinajstić information content (AvgIpc) is 3.80. The largest absolute Gasteiger partial charge is 0.480 e. The first-order chi connectivity index (χ1) is 21.6. The van der Waals surface area contributed by atoms with Crippen molar-refractivity contribution in [3.05, 3.63) is 93.4 Å². The summed E-state index contributed by atoms with van der Waals surface area (Å²) in [4.78, 5) is 32.8. The van der Waals surface area contributed by atoms with E-state index in [9.17, 15) is 14.7 Å². The molecule has 0 aliphatic heterocycles. The van der Waals surface area contributed by atoms with E-state index in [1.165, 1.54) is 28.9 Å². The number of aromatic nitrogens is 1. The van der Waals surface area contributed by atoms with Gasteiger partial charge in [-0.2, -0.15) is 0 Å². The van der Waals surface area contributed by atoms with Crippen LogP contribution in [0, 0.1) is 5.92 Å². The fourth-order valence-corrected chi connectivity index (χ4v) is 7.59. The molecule has 2 aromatic carbocycles. The Kier molecular flexibility index (Phi) is 9.09. The number of pyridine rings is 1. The smallest absolute Gasteiger partial charge is 0.326 e. The Hall–Kier alpha value is -3.97. The molecule has 0 radical (unpaired) electrons. The van der Waals surface area contributed by atoms with Crippen LogP contribution in [0.1, 0.15) is 97.2 Å². The van der Waals surface area contributed by atoms with Gasteiger partial charge in [-0.3, -0.25) is 4.79 Å². The maximum absolute atomic E-state index is 13.5. The van der Waals surface area contributed by atoms with Crippen molar-refractivity contribution < 1.29 is 19.4 Å². The Morgan fingerprint density at radius 1 is 1.00 bits per heavy atom. The number of carboxylic acids is 1. The second-order valence-electron chi connectivity index (χ2n) is 13.5. The third-order valence-electron chi connectivity index (χ3n) is 9.06. The van der Waals surface area contributed by atoms with Gasteiger partial charge >= 0.3 is 5.97 Å². The number of ether oxygens (including phenoxy) is 1. The lowest BCUT2D eigenvalue weighted by Crippen LogP contribution is -2.42. The zero-order valence-corrected chi connectivity index (χ0v) is 27.2. The molecule has 45 heavy (non-hydrogen) atoms. The summed E-state index contributed by atoms with van der Waals surface area (Å²) >= 11 is 1.61. The van der Waals surface area contributed by atoms with Gasteiger partial charge in [-0.05, 0) is 96.0 Å². The predicted octanol–water partition coefficient (Wildman–Crippen LogP) is 9.11. The molecule has 2 aliphatic rings. The first kappa shape index (κ1) is 31.0. The molecule has 2 N–H and O–H groups in total. The standard InChI is InChI=1S/C38H42N2O4S/c1-38(2,3)27-13-16-28(17-14-27)44-29-15-12-26-21-33(39-32(31(26)22-29)20-24-8-4-5-9-24)36(41)40-34(37(42)43)23-30-18-19-35(45-30)25-10-6-7-11-25/h10,12-19,21-22,24,34H,4-9,11,20,23H2,1-3H3,(H,40,41)(H,42,43). The van der Waals surface area contributed by atoms with E-state index in [2.05, 4.69) is 50.4 Å². The van der Waals surface area contributed by atoms with Crippen LogP contribution in [0.2, 0.25) is 0 Å². The Labute approximate surface area is 269 Å². The number of allylic oxidation sites excluding steroid dienone is 2. The maximum atomic E-state index is 13.5. The number of amides is 1. The van der Waals surface area contributed by atoms with Crippen LogP contribution in [0.3, 0.4) is 0 Å². The molecule has 234 valence electrons. The molecule has 6 nitrogen and oxygen atoms in total. The second kappa shape index (κ2) is 13.2. The number of hydrogen-bond donors (Lipinski definition) is 2. The van der Waals surface area contributed by atoms with Crippen LogP contribution in [0.4, 0.5) is 0 Å². The molecule has 2 aliphatic carbocycles. The van der Waals surface area contributed by atoms with Gasteiger partial charge in [-0.25, -0.2) is 9.78 Å². The van der Waals surface area contributed by atoms with Crippen molar-refractivity contribution in [1.82, 2.24) is 10.3 Å². The van der Waals surface area contributed by atoms with Gasteiger partial charge in [-0.15, -0.1) is 11.3 Å². The number of thiophene rings is 1. The third-order valence-corrected chi connectivity index (χ3v) is 10.2. The van der Waals surface area contributed by atoms with Crippen molar-refractivity contribution in [2.75, 3.05) is 0 Å². The molecule has 0 spiro atoms.